The Hall–Kier alpha value is -0.860. The van der Waals surface area contributed by atoms with Crippen LogP contribution in [-0.4, -0.2) is 19.3 Å². The van der Waals surface area contributed by atoms with Crippen LogP contribution in [-0.2, 0) is 11.2 Å². The standard InChI is InChI=1S/C17H25NO/c1-2-18-17-14(9-10-15-7-5-11-19-15)12-13-6-3-4-8-16(13)17/h3-4,6,8,14-15,17-18H,2,5,7,9-12H2,1H3. The van der Waals surface area contributed by atoms with Gasteiger partial charge in [0.25, 0.3) is 0 Å². The van der Waals surface area contributed by atoms with E-state index in [4.69, 9.17) is 4.74 Å². The van der Waals surface area contributed by atoms with Gasteiger partial charge in [0.05, 0.1) is 6.10 Å². The van der Waals surface area contributed by atoms with Crippen LogP contribution < -0.4 is 5.32 Å². The van der Waals surface area contributed by atoms with Crippen molar-refractivity contribution in [1.82, 2.24) is 5.32 Å². The van der Waals surface area contributed by atoms with Crippen LogP contribution in [0.15, 0.2) is 24.3 Å². The molecule has 3 rings (SSSR count). The summed E-state index contributed by atoms with van der Waals surface area (Å²) in [5.74, 6) is 0.751. The van der Waals surface area contributed by atoms with Crippen LogP contribution in [0.1, 0.15) is 49.8 Å². The second kappa shape index (κ2) is 6.06. The smallest absolute Gasteiger partial charge is 0.0576 e. The first kappa shape index (κ1) is 13.1. The Balaban J connectivity index is 1.64. The summed E-state index contributed by atoms with van der Waals surface area (Å²) in [6.07, 6.45) is 6.82. The van der Waals surface area contributed by atoms with E-state index in [1.165, 1.54) is 37.7 Å². The third-order valence-electron chi connectivity index (χ3n) is 4.65. The summed E-state index contributed by atoms with van der Waals surface area (Å²) in [7, 11) is 0. The molecule has 2 aliphatic rings. The van der Waals surface area contributed by atoms with Gasteiger partial charge in [0.2, 0.25) is 0 Å². The molecule has 3 unspecified atom stereocenters. The summed E-state index contributed by atoms with van der Waals surface area (Å²) < 4.78 is 5.76. The maximum Gasteiger partial charge on any atom is 0.0576 e. The van der Waals surface area contributed by atoms with Gasteiger partial charge in [-0.15, -0.1) is 0 Å². The van der Waals surface area contributed by atoms with E-state index in [2.05, 4.69) is 36.5 Å². The highest BCUT2D eigenvalue weighted by Crippen LogP contribution is 2.39. The van der Waals surface area contributed by atoms with E-state index in [1.54, 1.807) is 5.56 Å². The van der Waals surface area contributed by atoms with Crippen LogP contribution in [0.3, 0.4) is 0 Å². The minimum Gasteiger partial charge on any atom is -0.378 e. The van der Waals surface area contributed by atoms with Crippen molar-refractivity contribution in [2.75, 3.05) is 13.2 Å². The number of fused-ring (bicyclic) bond motifs is 1. The summed E-state index contributed by atoms with van der Waals surface area (Å²) >= 11 is 0. The van der Waals surface area contributed by atoms with Gasteiger partial charge in [-0.05, 0) is 55.7 Å². The van der Waals surface area contributed by atoms with Gasteiger partial charge in [-0.3, -0.25) is 0 Å². The predicted molar refractivity (Wildman–Crippen MR) is 78.3 cm³/mol. The zero-order valence-electron chi connectivity index (χ0n) is 11.9. The van der Waals surface area contributed by atoms with E-state index in [9.17, 15) is 0 Å². The average Bonchev–Trinajstić information content (AvgIpc) is 3.05. The molecule has 1 aliphatic carbocycles. The summed E-state index contributed by atoms with van der Waals surface area (Å²) in [4.78, 5) is 0. The van der Waals surface area contributed by atoms with Crippen LogP contribution in [0.4, 0.5) is 0 Å². The molecule has 104 valence electrons. The topological polar surface area (TPSA) is 21.3 Å². The van der Waals surface area contributed by atoms with Crippen molar-refractivity contribution in [2.24, 2.45) is 5.92 Å². The van der Waals surface area contributed by atoms with Crippen molar-refractivity contribution in [3.8, 4) is 0 Å². The molecule has 0 bridgehead atoms. The molecule has 1 aliphatic heterocycles. The molecule has 0 amide bonds. The van der Waals surface area contributed by atoms with E-state index in [0.29, 0.717) is 12.1 Å². The Kier molecular flexibility index (Phi) is 4.19. The minimum absolute atomic E-state index is 0.533. The summed E-state index contributed by atoms with van der Waals surface area (Å²) in [5.41, 5.74) is 3.08. The largest absolute Gasteiger partial charge is 0.378 e. The highest BCUT2D eigenvalue weighted by molar-refractivity contribution is 5.35. The fraction of sp³-hybridized carbons (Fsp3) is 0.647. The van der Waals surface area contributed by atoms with Gasteiger partial charge in [-0.2, -0.15) is 0 Å². The molecule has 0 radical (unpaired) electrons. The van der Waals surface area contributed by atoms with Gasteiger partial charge in [-0.25, -0.2) is 0 Å². The first-order valence-electron chi connectivity index (χ1n) is 7.81. The van der Waals surface area contributed by atoms with Crippen LogP contribution in [0, 0.1) is 5.92 Å². The van der Waals surface area contributed by atoms with Crippen LogP contribution in [0.25, 0.3) is 0 Å². The fourth-order valence-electron chi connectivity index (χ4n) is 3.71. The maximum atomic E-state index is 5.76. The van der Waals surface area contributed by atoms with E-state index < -0.39 is 0 Å². The lowest BCUT2D eigenvalue weighted by Crippen LogP contribution is -2.25. The number of nitrogens with one attached hydrogen (secondary N) is 1. The molecule has 0 spiro atoms. The molecular weight excluding hydrogens is 234 g/mol. The van der Waals surface area contributed by atoms with Gasteiger partial charge in [0.15, 0.2) is 0 Å². The Bertz CT molecular complexity index is 411. The molecule has 1 heterocycles. The Labute approximate surface area is 116 Å². The second-order valence-electron chi connectivity index (χ2n) is 5.91. The predicted octanol–water partition coefficient (Wildman–Crippen LogP) is 3.47. The molecule has 0 aromatic heterocycles. The minimum atomic E-state index is 0.533. The van der Waals surface area contributed by atoms with Crippen molar-refractivity contribution in [2.45, 2.75) is 51.2 Å². The summed E-state index contributed by atoms with van der Waals surface area (Å²) in [6, 6.07) is 9.50. The Morgan fingerprint density at radius 2 is 2.16 bits per heavy atom. The molecule has 3 atom stereocenters. The average molecular weight is 259 g/mol. The van der Waals surface area contributed by atoms with Crippen molar-refractivity contribution >= 4 is 0 Å². The van der Waals surface area contributed by atoms with Crippen molar-refractivity contribution in [3.63, 3.8) is 0 Å². The molecule has 1 aromatic carbocycles. The Morgan fingerprint density at radius 1 is 1.26 bits per heavy atom. The van der Waals surface area contributed by atoms with E-state index in [0.717, 1.165) is 19.1 Å². The fourth-order valence-corrected chi connectivity index (χ4v) is 3.71. The monoisotopic (exact) mass is 259 g/mol. The zero-order valence-corrected chi connectivity index (χ0v) is 11.9. The molecule has 2 nitrogen and oxygen atoms in total. The number of hydrogen-bond acceptors (Lipinski definition) is 2. The van der Waals surface area contributed by atoms with Crippen LogP contribution >= 0.6 is 0 Å². The second-order valence-corrected chi connectivity index (χ2v) is 5.91. The van der Waals surface area contributed by atoms with E-state index in [1.807, 2.05) is 0 Å². The lowest BCUT2D eigenvalue weighted by molar-refractivity contribution is 0.0965. The first-order valence-corrected chi connectivity index (χ1v) is 7.81. The third kappa shape index (κ3) is 2.85. The first-order chi connectivity index (χ1) is 9.38. The number of hydrogen-bond donors (Lipinski definition) is 1. The highest BCUT2D eigenvalue weighted by Gasteiger charge is 2.32. The lowest BCUT2D eigenvalue weighted by Gasteiger charge is -2.22. The van der Waals surface area contributed by atoms with Crippen LogP contribution in [0.2, 0.25) is 0 Å². The lowest BCUT2D eigenvalue weighted by atomic mass is 9.93. The van der Waals surface area contributed by atoms with Crippen molar-refractivity contribution in [3.05, 3.63) is 35.4 Å². The molecule has 1 N–H and O–H groups in total. The van der Waals surface area contributed by atoms with E-state index in [-0.39, 0.29) is 0 Å². The third-order valence-corrected chi connectivity index (χ3v) is 4.65. The van der Waals surface area contributed by atoms with Crippen LogP contribution in [0.5, 0.6) is 0 Å². The number of ether oxygens (including phenoxy) is 1. The summed E-state index contributed by atoms with van der Waals surface area (Å²) in [5, 5.41) is 3.69. The number of benzene rings is 1. The quantitative estimate of drug-likeness (QED) is 0.874. The Morgan fingerprint density at radius 3 is 2.95 bits per heavy atom. The molecule has 1 saturated heterocycles. The van der Waals surface area contributed by atoms with Crippen molar-refractivity contribution in [1.29, 1.82) is 0 Å². The molecule has 1 aromatic rings. The van der Waals surface area contributed by atoms with Crippen molar-refractivity contribution < 1.29 is 4.74 Å². The summed E-state index contributed by atoms with van der Waals surface area (Å²) in [6.45, 7) is 4.24. The number of rotatable bonds is 5. The SMILES string of the molecule is CCNC1c2ccccc2CC1CCC1CCCO1. The normalized spacial score (nSPS) is 29.6. The van der Waals surface area contributed by atoms with Gasteiger partial charge in [0.1, 0.15) is 0 Å². The molecule has 1 fully saturated rings. The van der Waals surface area contributed by atoms with Gasteiger partial charge in [-0.1, -0.05) is 31.2 Å². The van der Waals surface area contributed by atoms with Gasteiger partial charge in [0, 0.05) is 12.6 Å². The van der Waals surface area contributed by atoms with Gasteiger partial charge < -0.3 is 10.1 Å². The molecule has 19 heavy (non-hydrogen) atoms. The molecule has 0 saturated carbocycles. The maximum absolute atomic E-state index is 5.76. The van der Waals surface area contributed by atoms with E-state index >= 15 is 0 Å². The van der Waals surface area contributed by atoms with Gasteiger partial charge >= 0.3 is 0 Å². The highest BCUT2D eigenvalue weighted by atomic mass is 16.5. The zero-order chi connectivity index (χ0) is 13.1. The molecule has 2 heteroatoms. The molecular formula is C17H25NO.